The Morgan fingerprint density at radius 2 is 2.00 bits per heavy atom. The molecule has 2 saturated heterocycles. The first-order chi connectivity index (χ1) is 13.3. The fourth-order valence-electron chi connectivity index (χ4n) is 4.22. The number of hydrogen-bond acceptors (Lipinski definition) is 3. The van der Waals surface area contributed by atoms with Gasteiger partial charge in [-0.15, -0.1) is 0 Å². The van der Waals surface area contributed by atoms with Gasteiger partial charge in [-0.2, -0.15) is 0 Å². The number of halogens is 1. The molecule has 2 amide bonds. The molecule has 0 N–H and O–H groups in total. The number of benzene rings is 1. The number of anilines is 1. The van der Waals surface area contributed by atoms with Crippen LogP contribution in [0.3, 0.4) is 0 Å². The number of hydrogen-bond donors (Lipinski definition) is 0. The van der Waals surface area contributed by atoms with Gasteiger partial charge in [-0.25, -0.2) is 4.39 Å². The maximum absolute atomic E-state index is 13.0. The molecule has 28 heavy (non-hydrogen) atoms. The summed E-state index contributed by atoms with van der Waals surface area (Å²) in [5.41, 5.74) is 3.69. The molecular weight excluding hydrogens is 357 g/mol. The van der Waals surface area contributed by atoms with Crippen LogP contribution in [-0.2, 0) is 16.0 Å². The van der Waals surface area contributed by atoms with Crippen LogP contribution in [0.5, 0.6) is 0 Å². The van der Waals surface area contributed by atoms with Crippen LogP contribution in [-0.4, -0.2) is 41.3 Å². The second-order valence-electron chi connectivity index (χ2n) is 8.14. The lowest BCUT2D eigenvalue weighted by Crippen LogP contribution is -2.35. The highest BCUT2D eigenvalue weighted by Gasteiger charge is 2.48. The van der Waals surface area contributed by atoms with Gasteiger partial charge in [0, 0.05) is 42.9 Å². The highest BCUT2D eigenvalue weighted by molar-refractivity contribution is 5.96. The first-order valence-corrected chi connectivity index (χ1v) is 9.61. The minimum Gasteiger partial charge on any atom is -0.342 e. The van der Waals surface area contributed by atoms with Gasteiger partial charge in [0.15, 0.2) is 0 Å². The standard InChI is InChI=1S/C22H24FN3O2/c1-15-3-6-19(9-16(15)2)26-14-22(11-21(26)28)7-8-25(13-22)20(27)10-18-5-4-17(23)12-24-18/h3-6,9,12H,7-8,10-11,13-14H2,1-2H3. The summed E-state index contributed by atoms with van der Waals surface area (Å²) in [5.74, 6) is -0.307. The Balaban J connectivity index is 1.44. The number of pyridine rings is 1. The van der Waals surface area contributed by atoms with E-state index in [0.717, 1.165) is 18.3 Å². The molecule has 3 heterocycles. The van der Waals surface area contributed by atoms with Crippen molar-refractivity contribution in [1.82, 2.24) is 9.88 Å². The highest BCUT2D eigenvalue weighted by atomic mass is 19.1. The molecule has 2 aliphatic rings. The zero-order chi connectivity index (χ0) is 19.9. The fraction of sp³-hybridized carbons (Fsp3) is 0.409. The zero-order valence-electron chi connectivity index (χ0n) is 16.2. The Hall–Kier alpha value is -2.76. The first-order valence-electron chi connectivity index (χ1n) is 9.61. The Kier molecular flexibility index (Phi) is 4.65. The minimum absolute atomic E-state index is 0.0203. The molecule has 2 fully saturated rings. The van der Waals surface area contributed by atoms with Crippen molar-refractivity contribution >= 4 is 17.5 Å². The second-order valence-corrected chi connectivity index (χ2v) is 8.14. The maximum Gasteiger partial charge on any atom is 0.228 e. The topological polar surface area (TPSA) is 53.5 Å². The average Bonchev–Trinajstić information content (AvgIpc) is 3.22. The van der Waals surface area contributed by atoms with Gasteiger partial charge in [-0.3, -0.25) is 14.6 Å². The predicted molar refractivity (Wildman–Crippen MR) is 104 cm³/mol. The molecule has 2 aromatic rings. The molecule has 5 nitrogen and oxygen atoms in total. The minimum atomic E-state index is -0.410. The van der Waals surface area contributed by atoms with Gasteiger partial charge in [-0.1, -0.05) is 6.07 Å². The highest BCUT2D eigenvalue weighted by Crippen LogP contribution is 2.42. The van der Waals surface area contributed by atoms with Crippen molar-refractivity contribution in [1.29, 1.82) is 0 Å². The largest absolute Gasteiger partial charge is 0.342 e. The third-order valence-electron chi connectivity index (χ3n) is 6.03. The van der Waals surface area contributed by atoms with E-state index in [1.54, 1.807) is 6.07 Å². The summed E-state index contributed by atoms with van der Waals surface area (Å²) >= 11 is 0. The van der Waals surface area contributed by atoms with Crippen LogP contribution in [0, 0.1) is 25.1 Å². The summed E-state index contributed by atoms with van der Waals surface area (Å²) in [7, 11) is 0. The number of aryl methyl sites for hydroxylation is 2. The molecule has 0 saturated carbocycles. The van der Waals surface area contributed by atoms with Crippen molar-refractivity contribution < 1.29 is 14.0 Å². The lowest BCUT2D eigenvalue weighted by atomic mass is 9.86. The van der Waals surface area contributed by atoms with Crippen molar-refractivity contribution in [2.45, 2.75) is 33.1 Å². The van der Waals surface area contributed by atoms with Gasteiger partial charge in [0.2, 0.25) is 11.8 Å². The van der Waals surface area contributed by atoms with Crippen LogP contribution in [0.2, 0.25) is 0 Å². The van der Waals surface area contributed by atoms with E-state index in [9.17, 15) is 14.0 Å². The summed E-state index contributed by atoms with van der Waals surface area (Å²) in [6.07, 6.45) is 2.58. The zero-order valence-corrected chi connectivity index (χ0v) is 16.2. The third-order valence-corrected chi connectivity index (χ3v) is 6.03. The van der Waals surface area contributed by atoms with Gasteiger partial charge in [0.25, 0.3) is 0 Å². The molecule has 2 aliphatic heterocycles. The van der Waals surface area contributed by atoms with Gasteiger partial charge < -0.3 is 9.80 Å². The molecule has 0 radical (unpaired) electrons. The fourth-order valence-corrected chi connectivity index (χ4v) is 4.22. The molecule has 146 valence electrons. The van der Waals surface area contributed by atoms with E-state index in [2.05, 4.69) is 24.9 Å². The summed E-state index contributed by atoms with van der Waals surface area (Å²) in [6.45, 7) is 5.98. The number of amides is 2. The Labute approximate surface area is 164 Å². The number of carbonyl (C=O) groups excluding carboxylic acids is 2. The molecule has 6 heteroatoms. The van der Waals surface area contributed by atoms with Gasteiger partial charge in [0.05, 0.1) is 12.6 Å². The molecule has 0 aliphatic carbocycles. The summed E-state index contributed by atoms with van der Waals surface area (Å²) in [6, 6.07) is 8.96. The molecule has 1 aromatic carbocycles. The van der Waals surface area contributed by atoms with Crippen molar-refractivity contribution in [2.24, 2.45) is 5.41 Å². The SMILES string of the molecule is Cc1ccc(N2CC3(CCN(C(=O)Cc4ccc(F)cn4)C3)CC2=O)cc1C. The van der Waals surface area contributed by atoms with Crippen molar-refractivity contribution in [3.63, 3.8) is 0 Å². The second kappa shape index (κ2) is 7.00. The van der Waals surface area contributed by atoms with Gasteiger partial charge >= 0.3 is 0 Å². The number of carbonyl (C=O) groups is 2. The Morgan fingerprint density at radius 3 is 2.71 bits per heavy atom. The summed E-state index contributed by atoms with van der Waals surface area (Å²) in [5, 5.41) is 0. The summed E-state index contributed by atoms with van der Waals surface area (Å²) < 4.78 is 13.0. The van der Waals surface area contributed by atoms with E-state index >= 15 is 0 Å². The van der Waals surface area contributed by atoms with Crippen molar-refractivity contribution in [3.8, 4) is 0 Å². The quantitative estimate of drug-likeness (QED) is 0.821. The van der Waals surface area contributed by atoms with Crippen LogP contribution in [0.4, 0.5) is 10.1 Å². The maximum atomic E-state index is 13.0. The molecule has 0 bridgehead atoms. The number of likely N-dealkylation sites (tertiary alicyclic amines) is 1. The first kappa shape index (κ1) is 18.6. The van der Waals surface area contributed by atoms with E-state index in [1.807, 2.05) is 21.9 Å². The predicted octanol–water partition coefficient (Wildman–Crippen LogP) is 3.04. The molecule has 4 rings (SSSR count). The Bertz CT molecular complexity index is 928. The smallest absolute Gasteiger partial charge is 0.228 e. The number of nitrogens with zero attached hydrogens (tertiary/aromatic N) is 3. The lowest BCUT2D eigenvalue weighted by Gasteiger charge is -2.24. The van der Waals surface area contributed by atoms with Crippen LogP contribution in [0.1, 0.15) is 29.7 Å². The molecule has 1 aromatic heterocycles. The average molecular weight is 381 g/mol. The molecule has 1 unspecified atom stereocenters. The van der Waals surface area contributed by atoms with E-state index in [0.29, 0.717) is 31.7 Å². The van der Waals surface area contributed by atoms with E-state index < -0.39 is 5.82 Å². The Morgan fingerprint density at radius 1 is 1.18 bits per heavy atom. The normalized spacial score (nSPS) is 21.8. The monoisotopic (exact) mass is 381 g/mol. The third kappa shape index (κ3) is 3.51. The molecule has 1 spiro atoms. The van der Waals surface area contributed by atoms with Crippen molar-refractivity contribution in [2.75, 3.05) is 24.5 Å². The van der Waals surface area contributed by atoms with Crippen LogP contribution >= 0.6 is 0 Å². The molecular formula is C22H24FN3O2. The molecule has 1 atom stereocenters. The number of aromatic nitrogens is 1. The summed E-state index contributed by atoms with van der Waals surface area (Å²) in [4.78, 5) is 33.0. The van der Waals surface area contributed by atoms with Crippen LogP contribution in [0.15, 0.2) is 36.5 Å². The van der Waals surface area contributed by atoms with Crippen LogP contribution < -0.4 is 4.90 Å². The number of rotatable bonds is 3. The van der Waals surface area contributed by atoms with Gasteiger partial charge in [0.1, 0.15) is 5.82 Å². The van der Waals surface area contributed by atoms with Crippen LogP contribution in [0.25, 0.3) is 0 Å². The van der Waals surface area contributed by atoms with E-state index in [4.69, 9.17) is 0 Å². The van der Waals surface area contributed by atoms with E-state index in [-0.39, 0.29) is 23.7 Å². The lowest BCUT2D eigenvalue weighted by molar-refractivity contribution is -0.130. The van der Waals surface area contributed by atoms with E-state index in [1.165, 1.54) is 17.2 Å². The van der Waals surface area contributed by atoms with Crippen molar-refractivity contribution in [3.05, 3.63) is 59.2 Å². The van der Waals surface area contributed by atoms with Gasteiger partial charge in [-0.05, 0) is 55.7 Å².